The van der Waals surface area contributed by atoms with Crippen molar-refractivity contribution in [1.82, 2.24) is 0 Å². The van der Waals surface area contributed by atoms with E-state index in [0.29, 0.717) is 0 Å². The van der Waals surface area contributed by atoms with Gasteiger partial charge in [-0.2, -0.15) is 0 Å². The normalized spacial score (nSPS) is 13.1. The van der Waals surface area contributed by atoms with Crippen molar-refractivity contribution in [2.75, 3.05) is 0 Å². The fourth-order valence-corrected chi connectivity index (χ4v) is 1.75. The lowest BCUT2D eigenvalue weighted by Gasteiger charge is -2.08. The molecule has 0 amide bonds. The van der Waals surface area contributed by atoms with Crippen LogP contribution in [-0.2, 0) is 0 Å². The van der Waals surface area contributed by atoms with E-state index in [1.165, 1.54) is 21.9 Å². The lowest BCUT2D eigenvalue weighted by Crippen LogP contribution is -2.04. The summed E-state index contributed by atoms with van der Waals surface area (Å²) in [5, 5.41) is 2.59. The third-order valence-electron chi connectivity index (χ3n) is 2.65. The van der Waals surface area contributed by atoms with Gasteiger partial charge in [0, 0.05) is 6.04 Å². The minimum atomic E-state index is 0.111. The molecule has 1 unspecified atom stereocenters. The van der Waals surface area contributed by atoms with Gasteiger partial charge in [-0.1, -0.05) is 30.3 Å². The van der Waals surface area contributed by atoms with E-state index in [-0.39, 0.29) is 6.04 Å². The lowest BCUT2D eigenvalue weighted by molar-refractivity contribution is 0.820. The van der Waals surface area contributed by atoms with E-state index in [4.69, 9.17) is 5.73 Å². The van der Waals surface area contributed by atoms with Crippen LogP contribution in [0.1, 0.15) is 24.1 Å². The van der Waals surface area contributed by atoms with E-state index in [2.05, 4.69) is 43.3 Å². The van der Waals surface area contributed by atoms with E-state index in [1.807, 2.05) is 6.92 Å². The Kier molecular flexibility index (Phi) is 2.26. The van der Waals surface area contributed by atoms with Gasteiger partial charge in [-0.3, -0.25) is 0 Å². The van der Waals surface area contributed by atoms with Crippen molar-refractivity contribution in [3.05, 3.63) is 47.5 Å². The van der Waals surface area contributed by atoms with Crippen molar-refractivity contribution >= 4 is 10.8 Å². The number of fused-ring (bicyclic) bond motifs is 1. The molecule has 0 aliphatic carbocycles. The molecule has 0 aliphatic rings. The van der Waals surface area contributed by atoms with Crippen molar-refractivity contribution in [3.8, 4) is 0 Å². The average molecular weight is 185 g/mol. The number of rotatable bonds is 1. The van der Waals surface area contributed by atoms with Gasteiger partial charge in [-0.05, 0) is 41.8 Å². The van der Waals surface area contributed by atoms with Crippen molar-refractivity contribution in [3.63, 3.8) is 0 Å². The van der Waals surface area contributed by atoms with Gasteiger partial charge in [0.2, 0.25) is 0 Å². The summed E-state index contributed by atoms with van der Waals surface area (Å²) in [6.07, 6.45) is 0. The predicted molar refractivity (Wildman–Crippen MR) is 61.3 cm³/mol. The van der Waals surface area contributed by atoms with Gasteiger partial charge in [-0.25, -0.2) is 0 Å². The maximum atomic E-state index is 5.84. The zero-order chi connectivity index (χ0) is 10.1. The Labute approximate surface area is 84.5 Å². The van der Waals surface area contributed by atoms with Gasteiger partial charge in [0.1, 0.15) is 0 Å². The Morgan fingerprint density at radius 2 is 1.93 bits per heavy atom. The van der Waals surface area contributed by atoms with Gasteiger partial charge in [0.05, 0.1) is 0 Å². The molecule has 1 nitrogen and oxygen atoms in total. The molecule has 0 heterocycles. The van der Waals surface area contributed by atoms with E-state index in [0.717, 1.165) is 0 Å². The highest BCUT2D eigenvalue weighted by Crippen LogP contribution is 2.21. The second-order valence-corrected chi connectivity index (χ2v) is 3.84. The largest absolute Gasteiger partial charge is 0.324 e. The molecule has 0 aliphatic heterocycles. The molecule has 2 aromatic rings. The highest BCUT2D eigenvalue weighted by atomic mass is 14.6. The molecule has 0 saturated carbocycles. The first-order valence-corrected chi connectivity index (χ1v) is 4.93. The first-order valence-electron chi connectivity index (χ1n) is 4.93. The summed E-state index contributed by atoms with van der Waals surface area (Å²) in [5.41, 5.74) is 8.36. The summed E-state index contributed by atoms with van der Waals surface area (Å²) in [7, 11) is 0. The summed E-state index contributed by atoms with van der Waals surface area (Å²) in [5.74, 6) is 0. The molecular weight excluding hydrogens is 170 g/mol. The topological polar surface area (TPSA) is 26.0 Å². The number of aryl methyl sites for hydroxylation is 1. The van der Waals surface area contributed by atoms with Crippen molar-refractivity contribution in [2.24, 2.45) is 5.73 Å². The lowest BCUT2D eigenvalue weighted by atomic mass is 10.0. The molecular formula is C13H15N. The first-order chi connectivity index (χ1) is 6.68. The maximum Gasteiger partial charge on any atom is 0.0266 e. The minimum Gasteiger partial charge on any atom is -0.324 e. The SMILES string of the molecule is Cc1cccc2cc(C(C)N)ccc12. The molecule has 0 fully saturated rings. The van der Waals surface area contributed by atoms with Crippen LogP contribution in [0, 0.1) is 6.92 Å². The Bertz CT molecular complexity index is 458. The average Bonchev–Trinajstić information content (AvgIpc) is 2.17. The molecule has 0 aromatic heterocycles. The van der Waals surface area contributed by atoms with Gasteiger partial charge < -0.3 is 5.73 Å². The Balaban J connectivity index is 2.67. The third kappa shape index (κ3) is 1.51. The Morgan fingerprint density at radius 3 is 2.64 bits per heavy atom. The fraction of sp³-hybridized carbons (Fsp3) is 0.231. The standard InChI is InChI=1S/C13H15N/c1-9-4-3-5-12-8-11(10(2)14)6-7-13(9)12/h3-8,10H,14H2,1-2H3. The van der Waals surface area contributed by atoms with Crippen LogP contribution in [0.15, 0.2) is 36.4 Å². The maximum absolute atomic E-state index is 5.84. The van der Waals surface area contributed by atoms with Gasteiger partial charge in [0.25, 0.3) is 0 Å². The van der Waals surface area contributed by atoms with Gasteiger partial charge in [-0.15, -0.1) is 0 Å². The molecule has 0 spiro atoms. The third-order valence-corrected chi connectivity index (χ3v) is 2.65. The van der Waals surface area contributed by atoms with E-state index in [9.17, 15) is 0 Å². The molecule has 1 atom stereocenters. The number of hydrogen-bond acceptors (Lipinski definition) is 1. The van der Waals surface area contributed by atoms with Crippen LogP contribution in [0.2, 0.25) is 0 Å². The number of benzene rings is 2. The van der Waals surface area contributed by atoms with Crippen molar-refractivity contribution < 1.29 is 0 Å². The summed E-state index contributed by atoms with van der Waals surface area (Å²) in [6.45, 7) is 4.14. The van der Waals surface area contributed by atoms with Crippen LogP contribution in [-0.4, -0.2) is 0 Å². The number of nitrogens with two attached hydrogens (primary N) is 1. The quantitative estimate of drug-likeness (QED) is 0.725. The van der Waals surface area contributed by atoms with Crippen molar-refractivity contribution in [2.45, 2.75) is 19.9 Å². The highest BCUT2D eigenvalue weighted by molar-refractivity contribution is 5.86. The molecule has 14 heavy (non-hydrogen) atoms. The van der Waals surface area contributed by atoms with Crippen LogP contribution < -0.4 is 5.73 Å². The van der Waals surface area contributed by atoms with E-state index < -0.39 is 0 Å². The minimum absolute atomic E-state index is 0.111. The highest BCUT2D eigenvalue weighted by Gasteiger charge is 2.01. The molecule has 0 radical (unpaired) electrons. The van der Waals surface area contributed by atoms with Crippen LogP contribution in [0.25, 0.3) is 10.8 Å². The summed E-state index contributed by atoms with van der Waals surface area (Å²) in [4.78, 5) is 0. The van der Waals surface area contributed by atoms with E-state index >= 15 is 0 Å². The summed E-state index contributed by atoms with van der Waals surface area (Å²) < 4.78 is 0. The van der Waals surface area contributed by atoms with Gasteiger partial charge in [0.15, 0.2) is 0 Å². The van der Waals surface area contributed by atoms with Crippen LogP contribution in [0.3, 0.4) is 0 Å². The van der Waals surface area contributed by atoms with Gasteiger partial charge >= 0.3 is 0 Å². The Hall–Kier alpha value is -1.34. The molecule has 0 saturated heterocycles. The Morgan fingerprint density at radius 1 is 1.14 bits per heavy atom. The van der Waals surface area contributed by atoms with Crippen molar-refractivity contribution in [1.29, 1.82) is 0 Å². The smallest absolute Gasteiger partial charge is 0.0266 e. The molecule has 72 valence electrons. The predicted octanol–water partition coefficient (Wildman–Crippen LogP) is 3.17. The molecule has 2 aromatic carbocycles. The molecule has 2 rings (SSSR count). The summed E-state index contributed by atoms with van der Waals surface area (Å²) in [6, 6.07) is 12.9. The van der Waals surface area contributed by atoms with Crippen LogP contribution in [0.4, 0.5) is 0 Å². The van der Waals surface area contributed by atoms with Crippen LogP contribution >= 0.6 is 0 Å². The van der Waals surface area contributed by atoms with E-state index in [1.54, 1.807) is 0 Å². The zero-order valence-electron chi connectivity index (χ0n) is 8.62. The first kappa shape index (κ1) is 9.22. The molecule has 0 bridgehead atoms. The second-order valence-electron chi connectivity index (χ2n) is 3.84. The second kappa shape index (κ2) is 3.43. The fourth-order valence-electron chi connectivity index (χ4n) is 1.75. The molecule has 1 heteroatoms. The van der Waals surface area contributed by atoms with Crippen LogP contribution in [0.5, 0.6) is 0 Å². The monoisotopic (exact) mass is 185 g/mol. The zero-order valence-corrected chi connectivity index (χ0v) is 8.62. The molecule has 2 N–H and O–H groups in total. The summed E-state index contributed by atoms with van der Waals surface area (Å²) >= 11 is 0. The number of hydrogen-bond donors (Lipinski definition) is 1.